The van der Waals surface area contributed by atoms with Gasteiger partial charge in [0.2, 0.25) is 20.0 Å². The van der Waals surface area contributed by atoms with Crippen LogP contribution in [-0.4, -0.2) is 61.6 Å². The van der Waals surface area contributed by atoms with E-state index in [-0.39, 0.29) is 36.0 Å². The van der Waals surface area contributed by atoms with E-state index in [0.717, 1.165) is 53.0 Å². The molecule has 0 saturated heterocycles. The highest BCUT2D eigenvalue weighted by atomic mass is 79.9. The van der Waals surface area contributed by atoms with E-state index in [9.17, 15) is 16.8 Å². The molecule has 0 amide bonds. The fourth-order valence-electron chi connectivity index (χ4n) is 5.93. The number of nitrogens with one attached hydrogen (secondary N) is 2. The smallest absolute Gasteiger partial charge is 0.243 e. The molecule has 0 spiro atoms. The van der Waals surface area contributed by atoms with Crippen molar-refractivity contribution in [2.75, 3.05) is 26.2 Å². The number of rotatable bonds is 14. The highest BCUT2D eigenvalue weighted by Gasteiger charge is 2.26. The van der Waals surface area contributed by atoms with Gasteiger partial charge in [-0.25, -0.2) is 16.8 Å². The first kappa shape index (κ1) is 36.3. The SMILES string of the molecule is Cc1ccc(S(=O)(=O)N(C/C=C/CN(CCc2c[nH]c3ccc(Br)cc23)S(=O)(=O)c2ccc(C)cc2)CCc2c[nH]c3ccc(Br)cc23)cc1. The summed E-state index contributed by atoms with van der Waals surface area (Å²) in [4.78, 5) is 6.98. The quantitative estimate of drug-likeness (QED) is 0.107. The van der Waals surface area contributed by atoms with Crippen LogP contribution < -0.4 is 0 Å². The molecule has 6 rings (SSSR count). The van der Waals surface area contributed by atoms with Gasteiger partial charge in [0.1, 0.15) is 0 Å². The van der Waals surface area contributed by atoms with Crippen LogP contribution in [0, 0.1) is 13.8 Å². The molecule has 0 bridgehead atoms. The summed E-state index contributed by atoms with van der Waals surface area (Å²) in [6.45, 7) is 4.47. The highest BCUT2D eigenvalue weighted by Crippen LogP contribution is 2.26. The zero-order valence-electron chi connectivity index (χ0n) is 27.7. The van der Waals surface area contributed by atoms with Crippen LogP contribution in [0.5, 0.6) is 0 Å². The lowest BCUT2D eigenvalue weighted by Gasteiger charge is -2.22. The van der Waals surface area contributed by atoms with Gasteiger partial charge >= 0.3 is 0 Å². The molecule has 0 aliphatic heterocycles. The lowest BCUT2D eigenvalue weighted by Crippen LogP contribution is -2.34. The first-order valence-corrected chi connectivity index (χ1v) is 20.7. The molecule has 50 heavy (non-hydrogen) atoms. The van der Waals surface area contributed by atoms with Crippen molar-refractivity contribution in [3.05, 3.63) is 141 Å². The third-order valence-corrected chi connectivity index (χ3v) is 13.6. The number of aromatic nitrogens is 2. The highest BCUT2D eigenvalue weighted by molar-refractivity contribution is 9.10. The summed E-state index contributed by atoms with van der Waals surface area (Å²) in [6, 6.07) is 25.6. The molecule has 0 aliphatic carbocycles. The van der Waals surface area contributed by atoms with Crippen molar-refractivity contribution in [2.45, 2.75) is 36.5 Å². The predicted molar refractivity (Wildman–Crippen MR) is 208 cm³/mol. The summed E-state index contributed by atoms with van der Waals surface area (Å²) in [5, 5.41) is 2.06. The third-order valence-electron chi connectivity index (χ3n) is 8.82. The van der Waals surface area contributed by atoms with E-state index in [1.165, 1.54) is 8.61 Å². The van der Waals surface area contributed by atoms with Crippen molar-refractivity contribution in [1.29, 1.82) is 0 Å². The summed E-state index contributed by atoms with van der Waals surface area (Å²) in [7, 11) is -7.70. The molecular formula is C38H38Br2N4O4S2. The van der Waals surface area contributed by atoms with Gasteiger partial charge in [0.25, 0.3) is 0 Å². The molecule has 0 unspecified atom stereocenters. The summed E-state index contributed by atoms with van der Waals surface area (Å²) in [6.07, 6.45) is 8.32. The number of fused-ring (bicyclic) bond motifs is 2. The minimum atomic E-state index is -3.85. The van der Waals surface area contributed by atoms with Gasteiger partial charge in [-0.15, -0.1) is 0 Å². The van der Waals surface area contributed by atoms with Crippen molar-refractivity contribution < 1.29 is 16.8 Å². The fraction of sp³-hybridized carbons (Fsp3) is 0.211. The van der Waals surface area contributed by atoms with Crippen LogP contribution in [0.2, 0.25) is 0 Å². The van der Waals surface area contributed by atoms with Crippen molar-refractivity contribution in [3.63, 3.8) is 0 Å². The Labute approximate surface area is 310 Å². The molecule has 0 radical (unpaired) electrons. The summed E-state index contributed by atoms with van der Waals surface area (Å²) < 4.78 is 60.6. The summed E-state index contributed by atoms with van der Waals surface area (Å²) in [5.41, 5.74) is 5.91. The molecule has 260 valence electrons. The topological polar surface area (TPSA) is 106 Å². The molecule has 6 aromatic rings. The van der Waals surface area contributed by atoms with Gasteiger partial charge in [-0.2, -0.15) is 8.61 Å². The average molecular weight is 839 g/mol. The Morgan fingerprint density at radius 1 is 0.580 bits per heavy atom. The van der Waals surface area contributed by atoms with E-state index >= 15 is 0 Å². The van der Waals surface area contributed by atoms with Crippen LogP contribution in [0.4, 0.5) is 0 Å². The Kier molecular flexibility index (Phi) is 11.2. The number of aromatic amines is 2. The maximum Gasteiger partial charge on any atom is 0.243 e. The maximum atomic E-state index is 13.9. The lowest BCUT2D eigenvalue weighted by atomic mass is 10.1. The summed E-state index contributed by atoms with van der Waals surface area (Å²) >= 11 is 7.08. The van der Waals surface area contributed by atoms with Crippen LogP contribution in [0.1, 0.15) is 22.3 Å². The fourth-order valence-corrected chi connectivity index (χ4v) is 9.43. The molecule has 4 aromatic carbocycles. The molecule has 0 atom stereocenters. The monoisotopic (exact) mass is 836 g/mol. The third kappa shape index (κ3) is 8.17. The number of nitrogens with zero attached hydrogens (tertiary/aromatic N) is 2. The minimum Gasteiger partial charge on any atom is -0.361 e. The molecule has 0 saturated carbocycles. The lowest BCUT2D eigenvalue weighted by molar-refractivity contribution is 0.437. The van der Waals surface area contributed by atoms with Crippen LogP contribution >= 0.6 is 31.9 Å². The number of benzene rings is 4. The van der Waals surface area contributed by atoms with E-state index in [2.05, 4.69) is 41.8 Å². The molecule has 8 nitrogen and oxygen atoms in total. The predicted octanol–water partition coefficient (Wildman–Crippen LogP) is 8.51. The molecule has 2 aromatic heterocycles. The molecule has 0 fully saturated rings. The zero-order chi connectivity index (χ0) is 35.5. The van der Waals surface area contributed by atoms with Crippen molar-refractivity contribution >= 4 is 73.7 Å². The molecule has 0 aliphatic rings. The van der Waals surface area contributed by atoms with Gasteiger partial charge in [-0.1, -0.05) is 79.4 Å². The number of H-pyrrole nitrogens is 2. The Hall–Kier alpha value is -3.52. The Morgan fingerprint density at radius 3 is 1.34 bits per heavy atom. The van der Waals surface area contributed by atoms with E-state index in [0.29, 0.717) is 12.8 Å². The van der Waals surface area contributed by atoms with Gasteiger partial charge in [0.05, 0.1) is 9.79 Å². The molecule has 2 heterocycles. The van der Waals surface area contributed by atoms with Crippen LogP contribution in [-0.2, 0) is 32.9 Å². The second-order valence-corrected chi connectivity index (χ2v) is 18.0. The van der Waals surface area contributed by atoms with Crippen molar-refractivity contribution in [1.82, 2.24) is 18.6 Å². The normalized spacial score (nSPS) is 12.7. The first-order valence-electron chi connectivity index (χ1n) is 16.2. The van der Waals surface area contributed by atoms with E-state index in [4.69, 9.17) is 0 Å². The number of hydrogen-bond donors (Lipinski definition) is 2. The number of hydrogen-bond acceptors (Lipinski definition) is 4. The Bertz CT molecular complexity index is 2200. The van der Waals surface area contributed by atoms with Gasteiger partial charge in [-0.3, -0.25) is 0 Å². The largest absolute Gasteiger partial charge is 0.361 e. The Morgan fingerprint density at radius 2 is 0.960 bits per heavy atom. The number of aryl methyl sites for hydroxylation is 2. The van der Waals surface area contributed by atoms with Crippen molar-refractivity contribution in [3.8, 4) is 0 Å². The first-order chi connectivity index (χ1) is 23.9. The second-order valence-electron chi connectivity index (χ2n) is 12.3. The van der Waals surface area contributed by atoms with Gasteiger partial charge in [0.15, 0.2) is 0 Å². The Balaban J connectivity index is 1.24. The molecule has 2 N–H and O–H groups in total. The van der Waals surface area contributed by atoms with E-state index in [1.807, 2.05) is 62.6 Å². The second kappa shape index (κ2) is 15.4. The number of sulfonamides is 2. The van der Waals surface area contributed by atoms with Gasteiger partial charge in [-0.05, 0) is 98.5 Å². The molecule has 12 heteroatoms. The van der Waals surface area contributed by atoms with Crippen LogP contribution in [0.15, 0.2) is 128 Å². The average Bonchev–Trinajstić information content (AvgIpc) is 3.68. The molecular weight excluding hydrogens is 800 g/mol. The number of halogens is 2. The van der Waals surface area contributed by atoms with Gasteiger partial charge < -0.3 is 9.97 Å². The minimum absolute atomic E-state index is 0.0805. The van der Waals surface area contributed by atoms with Crippen LogP contribution in [0.25, 0.3) is 21.8 Å². The van der Waals surface area contributed by atoms with Gasteiger partial charge in [0, 0.05) is 69.3 Å². The summed E-state index contributed by atoms with van der Waals surface area (Å²) in [5.74, 6) is 0. The van der Waals surface area contributed by atoms with Crippen LogP contribution in [0.3, 0.4) is 0 Å². The van der Waals surface area contributed by atoms with E-state index in [1.54, 1.807) is 60.7 Å². The van der Waals surface area contributed by atoms with Crippen molar-refractivity contribution in [2.24, 2.45) is 0 Å². The van der Waals surface area contributed by atoms with E-state index < -0.39 is 20.0 Å². The zero-order valence-corrected chi connectivity index (χ0v) is 32.5. The standard InChI is InChI=1S/C38H38Br2N4O4S2/c1-27-5-11-33(12-6-27)49(45,46)43(21-17-29-25-41-37-15-9-31(39)23-35(29)37)19-3-4-20-44(50(47,48)34-13-7-28(2)8-14-34)22-18-30-26-42-38-16-10-32(40)24-36(30)38/h3-16,23-26,41-42H,17-22H2,1-2H3/b4-3+. The maximum absolute atomic E-state index is 13.9.